The van der Waals surface area contributed by atoms with Crippen molar-refractivity contribution in [1.82, 2.24) is 25.5 Å². The smallest absolute Gasteiger partial charge is 0.418 e. The quantitative estimate of drug-likeness (QED) is 0.688. The number of alkyl halides is 3. The van der Waals surface area contributed by atoms with Crippen molar-refractivity contribution in [3.05, 3.63) is 48.2 Å². The molecule has 1 amide bonds. The Morgan fingerprint density at radius 3 is 2.69 bits per heavy atom. The summed E-state index contributed by atoms with van der Waals surface area (Å²) in [5.41, 5.74) is -0.836. The Balaban J connectivity index is 1.62. The van der Waals surface area contributed by atoms with Crippen LogP contribution in [0.15, 0.2) is 41.1 Å². The molecular formula is C18H15F3N6O2. The fourth-order valence-corrected chi connectivity index (χ4v) is 2.95. The largest absolute Gasteiger partial charge is 0.433 e. The highest BCUT2D eigenvalue weighted by Crippen LogP contribution is 2.34. The predicted molar refractivity (Wildman–Crippen MR) is 95.0 cm³/mol. The van der Waals surface area contributed by atoms with Crippen molar-refractivity contribution < 1.29 is 22.4 Å². The van der Waals surface area contributed by atoms with Gasteiger partial charge in [0.1, 0.15) is 11.1 Å². The number of anilines is 2. The van der Waals surface area contributed by atoms with E-state index in [1.54, 1.807) is 19.1 Å². The van der Waals surface area contributed by atoms with Gasteiger partial charge in [0.25, 0.3) is 5.89 Å². The minimum absolute atomic E-state index is 0.0869. The second-order valence-electron chi connectivity index (χ2n) is 6.70. The first-order valence-electron chi connectivity index (χ1n) is 8.65. The van der Waals surface area contributed by atoms with E-state index in [0.29, 0.717) is 30.0 Å². The van der Waals surface area contributed by atoms with E-state index in [4.69, 9.17) is 4.42 Å². The first kappa shape index (κ1) is 18.8. The number of nitrogens with one attached hydrogen (secondary N) is 2. The summed E-state index contributed by atoms with van der Waals surface area (Å²) in [6.45, 7) is 2.24. The first-order valence-corrected chi connectivity index (χ1v) is 8.65. The second kappa shape index (κ2) is 6.83. The van der Waals surface area contributed by atoms with Crippen molar-refractivity contribution in [1.29, 1.82) is 0 Å². The van der Waals surface area contributed by atoms with Gasteiger partial charge in [0, 0.05) is 12.7 Å². The molecule has 150 valence electrons. The van der Waals surface area contributed by atoms with Crippen LogP contribution in [-0.2, 0) is 16.4 Å². The minimum Gasteiger partial charge on any atom is -0.418 e. The van der Waals surface area contributed by atoms with Gasteiger partial charge in [-0.15, -0.1) is 10.2 Å². The van der Waals surface area contributed by atoms with E-state index in [9.17, 15) is 18.0 Å². The van der Waals surface area contributed by atoms with E-state index in [2.05, 4.69) is 30.8 Å². The van der Waals surface area contributed by atoms with Crippen LogP contribution in [0.25, 0.3) is 11.6 Å². The Bertz CT molecular complexity index is 1050. The van der Waals surface area contributed by atoms with E-state index in [1.165, 1.54) is 12.3 Å². The van der Waals surface area contributed by atoms with Gasteiger partial charge in [-0.3, -0.25) is 4.79 Å². The normalized spacial score (nSPS) is 19.2. The number of carbonyl (C=O) groups excluding carboxylic acids is 1. The molecule has 0 bridgehead atoms. The van der Waals surface area contributed by atoms with E-state index >= 15 is 0 Å². The average Bonchev–Trinajstić information content (AvgIpc) is 3.30. The van der Waals surface area contributed by atoms with Crippen molar-refractivity contribution in [2.24, 2.45) is 0 Å². The van der Waals surface area contributed by atoms with Crippen LogP contribution in [0.3, 0.4) is 0 Å². The third-order valence-corrected chi connectivity index (χ3v) is 4.65. The number of amides is 1. The Hall–Kier alpha value is -3.50. The number of hydrogen-bond donors (Lipinski definition) is 2. The first-order chi connectivity index (χ1) is 13.8. The maximum atomic E-state index is 12.7. The van der Waals surface area contributed by atoms with Gasteiger partial charge in [-0.2, -0.15) is 13.2 Å². The molecular weight excluding hydrogens is 389 g/mol. The topological polar surface area (TPSA) is 106 Å². The highest BCUT2D eigenvalue weighted by molar-refractivity contribution is 5.88. The molecule has 11 heteroatoms. The molecule has 0 aliphatic carbocycles. The molecule has 0 aromatic carbocycles. The van der Waals surface area contributed by atoms with Crippen LogP contribution in [0.2, 0.25) is 0 Å². The number of hydrogen-bond acceptors (Lipinski definition) is 7. The average molecular weight is 404 g/mol. The van der Waals surface area contributed by atoms with Gasteiger partial charge < -0.3 is 15.1 Å². The lowest BCUT2D eigenvalue weighted by atomic mass is 9.89. The van der Waals surface area contributed by atoms with Crippen LogP contribution in [-0.4, -0.2) is 32.6 Å². The Kier molecular flexibility index (Phi) is 4.44. The van der Waals surface area contributed by atoms with E-state index in [-0.39, 0.29) is 17.7 Å². The molecule has 8 nitrogen and oxygen atoms in total. The molecule has 0 spiro atoms. The zero-order valence-corrected chi connectivity index (χ0v) is 15.1. The summed E-state index contributed by atoms with van der Waals surface area (Å²) in [6.07, 6.45) is -1.40. The Morgan fingerprint density at radius 2 is 2.03 bits per heavy atom. The number of aromatic nitrogens is 4. The summed E-state index contributed by atoms with van der Waals surface area (Å²) >= 11 is 0. The monoisotopic (exact) mass is 404 g/mol. The molecule has 4 heterocycles. The Morgan fingerprint density at radius 1 is 1.21 bits per heavy atom. The molecule has 29 heavy (non-hydrogen) atoms. The van der Waals surface area contributed by atoms with Crippen molar-refractivity contribution in [3.8, 4) is 11.6 Å². The lowest BCUT2D eigenvalue weighted by molar-refractivity contribution is -0.141. The summed E-state index contributed by atoms with van der Waals surface area (Å²) in [7, 11) is 0. The molecule has 1 aliphatic heterocycles. The van der Waals surface area contributed by atoms with Crippen molar-refractivity contribution in [2.75, 3.05) is 11.9 Å². The standard InChI is InChI=1S/C18H15F3N6O2/c1-17(6-8-23-15(17)28)16-27-26-14(29-16)13-11(3-2-7-22-13)25-10-4-5-12(24-9-10)18(19,20)21/h2-5,7,9,25H,6,8H2,1H3,(H,23,28). The van der Waals surface area contributed by atoms with Gasteiger partial charge in [-0.05, 0) is 37.6 Å². The summed E-state index contributed by atoms with van der Waals surface area (Å²) in [5, 5.41) is 13.7. The lowest BCUT2D eigenvalue weighted by Crippen LogP contribution is -2.32. The SMILES string of the molecule is CC1(c2nnc(-c3ncccc3Nc3ccc(C(F)(F)F)nc3)o2)CCNC1=O. The molecule has 3 aromatic heterocycles. The number of nitrogens with zero attached hydrogens (tertiary/aromatic N) is 4. The van der Waals surface area contributed by atoms with Crippen LogP contribution in [0.1, 0.15) is 24.9 Å². The summed E-state index contributed by atoms with van der Waals surface area (Å²) in [5.74, 6) is 0.0714. The van der Waals surface area contributed by atoms with Gasteiger partial charge >= 0.3 is 6.18 Å². The van der Waals surface area contributed by atoms with Crippen molar-refractivity contribution in [2.45, 2.75) is 24.9 Å². The summed E-state index contributed by atoms with van der Waals surface area (Å²) in [6, 6.07) is 5.44. The molecule has 3 aromatic rings. The highest BCUT2D eigenvalue weighted by Gasteiger charge is 2.44. The van der Waals surface area contributed by atoms with Gasteiger partial charge in [-0.25, -0.2) is 9.97 Å². The number of halogens is 3. The van der Waals surface area contributed by atoms with Gasteiger partial charge in [0.05, 0.1) is 17.6 Å². The Labute approximate surface area is 162 Å². The predicted octanol–water partition coefficient (Wildman–Crippen LogP) is 3.07. The fourth-order valence-electron chi connectivity index (χ4n) is 2.95. The lowest BCUT2D eigenvalue weighted by Gasteiger charge is -2.14. The summed E-state index contributed by atoms with van der Waals surface area (Å²) in [4.78, 5) is 19.7. The van der Waals surface area contributed by atoms with Crippen LogP contribution in [0, 0.1) is 0 Å². The maximum absolute atomic E-state index is 12.7. The van der Waals surface area contributed by atoms with Gasteiger partial charge in [0.2, 0.25) is 11.8 Å². The summed E-state index contributed by atoms with van der Waals surface area (Å²) < 4.78 is 43.7. The van der Waals surface area contributed by atoms with E-state index in [1.807, 2.05) is 0 Å². The number of rotatable bonds is 4. The third-order valence-electron chi connectivity index (χ3n) is 4.65. The fraction of sp³-hybridized carbons (Fsp3) is 0.278. The molecule has 1 atom stereocenters. The molecule has 4 rings (SSSR count). The van der Waals surface area contributed by atoms with Crippen molar-refractivity contribution >= 4 is 17.3 Å². The second-order valence-corrected chi connectivity index (χ2v) is 6.70. The molecule has 1 aliphatic rings. The van der Waals surface area contributed by atoms with Crippen LogP contribution in [0.5, 0.6) is 0 Å². The number of pyridine rings is 2. The zero-order chi connectivity index (χ0) is 20.6. The molecule has 1 saturated heterocycles. The zero-order valence-electron chi connectivity index (χ0n) is 15.1. The number of carbonyl (C=O) groups is 1. The minimum atomic E-state index is -4.51. The van der Waals surface area contributed by atoms with Crippen LogP contribution in [0.4, 0.5) is 24.5 Å². The van der Waals surface area contributed by atoms with Crippen LogP contribution >= 0.6 is 0 Å². The van der Waals surface area contributed by atoms with Crippen molar-refractivity contribution in [3.63, 3.8) is 0 Å². The molecule has 2 N–H and O–H groups in total. The van der Waals surface area contributed by atoms with E-state index in [0.717, 1.165) is 12.3 Å². The van der Waals surface area contributed by atoms with E-state index < -0.39 is 17.3 Å². The third kappa shape index (κ3) is 3.50. The molecule has 1 unspecified atom stereocenters. The van der Waals surface area contributed by atoms with Gasteiger partial charge in [-0.1, -0.05) is 0 Å². The van der Waals surface area contributed by atoms with Crippen LogP contribution < -0.4 is 10.6 Å². The molecule has 0 radical (unpaired) electrons. The maximum Gasteiger partial charge on any atom is 0.433 e. The molecule has 0 saturated carbocycles. The van der Waals surface area contributed by atoms with Gasteiger partial charge in [0.15, 0.2) is 5.69 Å². The highest BCUT2D eigenvalue weighted by atomic mass is 19.4. The molecule has 1 fully saturated rings.